The van der Waals surface area contributed by atoms with Crippen LogP contribution in [0.15, 0.2) is 41.8 Å². The van der Waals surface area contributed by atoms with Crippen LogP contribution in [-0.4, -0.2) is 28.0 Å². The molecule has 1 atom stereocenters. The number of fused-ring (bicyclic) bond motifs is 2. The van der Waals surface area contributed by atoms with Gasteiger partial charge in [-0.05, 0) is 23.8 Å². The fourth-order valence-electron chi connectivity index (χ4n) is 3.38. The van der Waals surface area contributed by atoms with Gasteiger partial charge in [0.2, 0.25) is 18.4 Å². The highest BCUT2D eigenvalue weighted by Crippen LogP contribution is 2.48. The van der Waals surface area contributed by atoms with Gasteiger partial charge in [-0.15, -0.1) is 0 Å². The lowest BCUT2D eigenvalue weighted by atomic mass is 9.83. The van der Waals surface area contributed by atoms with E-state index in [1.54, 1.807) is 7.11 Å². The van der Waals surface area contributed by atoms with Gasteiger partial charge in [-0.25, -0.2) is 0 Å². The number of nitrogens with zero attached hydrogens (tertiary/aromatic N) is 2. The number of ether oxygens (including phenoxy) is 4. The molecule has 7 heteroatoms. The maximum Gasteiger partial charge on any atom is 0.231 e. The average molecular weight is 365 g/mol. The maximum absolute atomic E-state index is 9.72. The summed E-state index contributed by atoms with van der Waals surface area (Å²) in [5, 5.41) is 9.72. The largest absolute Gasteiger partial charge is 0.493 e. The SMILES string of the molecule is COc1cc([C@@H]2C(C#N)=C(N)Oc3cc(N(C)C)ccc32)cc2c1OCO2. The first-order valence-corrected chi connectivity index (χ1v) is 8.40. The Balaban J connectivity index is 1.91. The molecule has 138 valence electrons. The minimum Gasteiger partial charge on any atom is -0.493 e. The molecule has 2 aromatic rings. The quantitative estimate of drug-likeness (QED) is 0.894. The zero-order valence-electron chi connectivity index (χ0n) is 15.3. The maximum atomic E-state index is 9.72. The van der Waals surface area contributed by atoms with Crippen LogP contribution >= 0.6 is 0 Å². The van der Waals surface area contributed by atoms with Gasteiger partial charge >= 0.3 is 0 Å². The lowest BCUT2D eigenvalue weighted by molar-refractivity contribution is 0.171. The van der Waals surface area contributed by atoms with E-state index in [9.17, 15) is 5.26 Å². The Hall–Kier alpha value is -3.53. The van der Waals surface area contributed by atoms with E-state index in [-0.39, 0.29) is 12.7 Å². The number of nitrogens with two attached hydrogens (primary N) is 1. The monoisotopic (exact) mass is 365 g/mol. The summed E-state index contributed by atoms with van der Waals surface area (Å²) < 4.78 is 22.2. The molecule has 0 amide bonds. The summed E-state index contributed by atoms with van der Waals surface area (Å²) in [4.78, 5) is 1.97. The van der Waals surface area contributed by atoms with Crippen molar-refractivity contribution in [3.8, 4) is 29.1 Å². The molecule has 0 spiro atoms. The lowest BCUT2D eigenvalue weighted by Crippen LogP contribution is -2.21. The van der Waals surface area contributed by atoms with Crippen LogP contribution in [0.2, 0.25) is 0 Å². The van der Waals surface area contributed by atoms with Gasteiger partial charge < -0.3 is 29.6 Å². The third kappa shape index (κ3) is 2.66. The van der Waals surface area contributed by atoms with Crippen molar-refractivity contribution >= 4 is 5.69 Å². The van der Waals surface area contributed by atoms with Crippen molar-refractivity contribution in [2.45, 2.75) is 5.92 Å². The third-order valence-electron chi connectivity index (χ3n) is 4.73. The van der Waals surface area contributed by atoms with Crippen molar-refractivity contribution in [3.05, 3.63) is 52.9 Å². The minimum atomic E-state index is -0.390. The second-order valence-corrected chi connectivity index (χ2v) is 6.50. The molecule has 0 bridgehead atoms. The topological polar surface area (TPSA) is 90.0 Å². The van der Waals surface area contributed by atoms with Crippen LogP contribution in [0.1, 0.15) is 17.0 Å². The number of benzene rings is 2. The fourth-order valence-corrected chi connectivity index (χ4v) is 3.38. The first kappa shape index (κ1) is 16.9. The van der Waals surface area contributed by atoms with E-state index in [4.69, 9.17) is 24.7 Å². The van der Waals surface area contributed by atoms with E-state index in [1.165, 1.54) is 0 Å². The average Bonchev–Trinajstić information content (AvgIpc) is 3.14. The summed E-state index contributed by atoms with van der Waals surface area (Å²) in [6.45, 7) is 0.134. The van der Waals surface area contributed by atoms with Gasteiger partial charge in [-0.1, -0.05) is 6.07 Å². The molecule has 0 saturated carbocycles. The summed E-state index contributed by atoms with van der Waals surface area (Å²) >= 11 is 0. The summed E-state index contributed by atoms with van der Waals surface area (Å²) in [5.74, 6) is 2.03. The number of rotatable bonds is 3. The van der Waals surface area contributed by atoms with Crippen LogP contribution in [0, 0.1) is 11.3 Å². The van der Waals surface area contributed by atoms with E-state index >= 15 is 0 Å². The molecular weight excluding hydrogens is 346 g/mol. The molecule has 0 aliphatic carbocycles. The molecule has 0 saturated heterocycles. The van der Waals surface area contributed by atoms with Crippen LogP contribution in [0.5, 0.6) is 23.0 Å². The Kier molecular flexibility index (Phi) is 3.96. The minimum absolute atomic E-state index is 0.0996. The molecule has 4 rings (SSSR count). The van der Waals surface area contributed by atoms with E-state index < -0.39 is 5.92 Å². The fraction of sp³-hybridized carbons (Fsp3) is 0.250. The van der Waals surface area contributed by atoms with Crippen LogP contribution < -0.4 is 29.6 Å². The number of methoxy groups -OCH3 is 1. The Morgan fingerprint density at radius 1 is 1.19 bits per heavy atom. The predicted octanol–water partition coefficient (Wildman–Crippen LogP) is 2.71. The first-order chi connectivity index (χ1) is 13.0. The van der Waals surface area contributed by atoms with Gasteiger partial charge in [0.15, 0.2) is 11.5 Å². The van der Waals surface area contributed by atoms with E-state index in [1.807, 2.05) is 49.3 Å². The summed E-state index contributed by atoms with van der Waals surface area (Å²) in [6.07, 6.45) is 0. The molecule has 2 N–H and O–H groups in total. The van der Waals surface area contributed by atoms with E-state index in [0.717, 1.165) is 16.8 Å². The van der Waals surface area contributed by atoms with Crippen LogP contribution in [0.3, 0.4) is 0 Å². The number of allylic oxidation sites excluding steroid dienone is 1. The molecule has 2 aromatic carbocycles. The smallest absolute Gasteiger partial charge is 0.231 e. The van der Waals surface area contributed by atoms with Crippen molar-refractivity contribution in [3.63, 3.8) is 0 Å². The second kappa shape index (κ2) is 6.32. The molecule has 0 aromatic heterocycles. The third-order valence-corrected chi connectivity index (χ3v) is 4.73. The van der Waals surface area contributed by atoms with Gasteiger partial charge in [0.1, 0.15) is 17.4 Å². The standard InChI is InChI=1S/C20H19N3O4/c1-23(2)12-4-5-13-15(8-12)27-20(22)14(9-21)18(13)11-6-16(24-3)19-17(7-11)25-10-26-19/h4-8,18H,10,22H2,1-3H3/t18-/m0/s1. The van der Waals surface area contributed by atoms with Crippen molar-refractivity contribution in [1.82, 2.24) is 0 Å². The van der Waals surface area contributed by atoms with E-state index in [2.05, 4.69) is 6.07 Å². The Morgan fingerprint density at radius 3 is 2.70 bits per heavy atom. The molecule has 2 heterocycles. The highest BCUT2D eigenvalue weighted by Gasteiger charge is 2.33. The van der Waals surface area contributed by atoms with Crippen LogP contribution in [-0.2, 0) is 0 Å². The molecule has 27 heavy (non-hydrogen) atoms. The number of anilines is 1. The van der Waals surface area contributed by atoms with Crippen LogP contribution in [0.25, 0.3) is 0 Å². The predicted molar refractivity (Wildman–Crippen MR) is 99.2 cm³/mol. The molecule has 2 aliphatic rings. The summed E-state index contributed by atoms with van der Waals surface area (Å²) in [6, 6.07) is 11.7. The van der Waals surface area contributed by atoms with Crippen molar-refractivity contribution < 1.29 is 18.9 Å². The lowest BCUT2D eigenvalue weighted by Gasteiger charge is -2.28. The number of nitriles is 1. The molecular formula is C20H19N3O4. The Morgan fingerprint density at radius 2 is 2.00 bits per heavy atom. The molecule has 7 nitrogen and oxygen atoms in total. The van der Waals surface area contributed by atoms with E-state index in [0.29, 0.717) is 28.6 Å². The summed E-state index contributed by atoms with van der Waals surface area (Å²) in [5.41, 5.74) is 9.07. The molecule has 0 unspecified atom stereocenters. The van der Waals surface area contributed by atoms with Crippen LogP contribution in [0.4, 0.5) is 5.69 Å². The first-order valence-electron chi connectivity index (χ1n) is 8.40. The highest BCUT2D eigenvalue weighted by molar-refractivity contribution is 5.64. The van der Waals surface area contributed by atoms with Gasteiger partial charge in [0, 0.05) is 31.4 Å². The van der Waals surface area contributed by atoms with Gasteiger partial charge in [0.05, 0.1) is 13.0 Å². The van der Waals surface area contributed by atoms with Gasteiger partial charge in [0.25, 0.3) is 0 Å². The second-order valence-electron chi connectivity index (χ2n) is 6.50. The van der Waals surface area contributed by atoms with Crippen molar-refractivity contribution in [2.75, 3.05) is 32.9 Å². The Labute approximate surface area is 157 Å². The molecule has 0 fully saturated rings. The highest BCUT2D eigenvalue weighted by atomic mass is 16.7. The van der Waals surface area contributed by atoms with Crippen molar-refractivity contribution in [1.29, 1.82) is 5.26 Å². The Bertz CT molecular complexity index is 991. The van der Waals surface area contributed by atoms with Crippen molar-refractivity contribution in [2.24, 2.45) is 5.73 Å². The van der Waals surface area contributed by atoms with Gasteiger partial charge in [-0.3, -0.25) is 0 Å². The van der Waals surface area contributed by atoms with Gasteiger partial charge in [-0.2, -0.15) is 5.26 Å². The zero-order chi connectivity index (χ0) is 19.1. The summed E-state index contributed by atoms with van der Waals surface area (Å²) in [7, 11) is 5.47. The molecule has 2 aliphatic heterocycles. The molecule has 0 radical (unpaired) electrons. The number of hydrogen-bond donors (Lipinski definition) is 1. The zero-order valence-corrected chi connectivity index (χ0v) is 15.3. The number of hydrogen-bond acceptors (Lipinski definition) is 7. The normalized spacial score (nSPS) is 17.0.